The Labute approximate surface area is 186 Å². The lowest BCUT2D eigenvalue weighted by molar-refractivity contribution is -0.142. The molecule has 5 nitrogen and oxygen atoms in total. The molecule has 0 aliphatic rings. The van der Waals surface area contributed by atoms with Crippen molar-refractivity contribution in [2.24, 2.45) is 0 Å². The number of carbonyl (C=O) groups excluding carboxylic acids is 2. The highest BCUT2D eigenvalue weighted by Gasteiger charge is 2.29. The largest absolute Gasteiger partial charge is 0.484 e. The summed E-state index contributed by atoms with van der Waals surface area (Å²) in [7, 11) is 0. The van der Waals surface area contributed by atoms with Crippen LogP contribution in [0.15, 0.2) is 42.5 Å². The normalized spacial score (nSPS) is 12.2. The molecule has 2 rings (SSSR count). The molecule has 0 fully saturated rings. The molecule has 1 unspecified atom stereocenters. The minimum absolute atomic E-state index is 0.0306. The van der Waals surface area contributed by atoms with Gasteiger partial charge in [0.05, 0.1) is 0 Å². The van der Waals surface area contributed by atoms with Crippen LogP contribution in [0.25, 0.3) is 0 Å². The second kappa shape index (κ2) is 10.1. The summed E-state index contributed by atoms with van der Waals surface area (Å²) in [5, 5.41) is 3.65. The number of benzene rings is 2. The van der Waals surface area contributed by atoms with Gasteiger partial charge in [-0.25, -0.2) is 4.39 Å². The number of hydrogen-bond donors (Lipinski definition) is 1. The van der Waals surface area contributed by atoms with Crippen LogP contribution in [-0.4, -0.2) is 34.9 Å². The van der Waals surface area contributed by atoms with Gasteiger partial charge in [-0.05, 0) is 64.1 Å². The zero-order valence-corrected chi connectivity index (χ0v) is 18.9. The summed E-state index contributed by atoms with van der Waals surface area (Å²) in [5.41, 5.74) is 0.0681. The average Bonchev–Trinajstić information content (AvgIpc) is 2.65. The van der Waals surface area contributed by atoms with Crippen LogP contribution < -0.4 is 10.1 Å². The first-order valence-electron chi connectivity index (χ1n) is 9.40. The number of nitrogens with one attached hydrogen (secondary N) is 1. The zero-order chi connectivity index (χ0) is 22.5. The van der Waals surface area contributed by atoms with Gasteiger partial charge in [0, 0.05) is 27.7 Å². The highest BCUT2D eigenvalue weighted by Crippen LogP contribution is 2.26. The fraction of sp³-hybridized carbons (Fsp3) is 0.364. The van der Waals surface area contributed by atoms with E-state index in [1.54, 1.807) is 25.1 Å². The van der Waals surface area contributed by atoms with Gasteiger partial charge in [0.25, 0.3) is 5.91 Å². The van der Waals surface area contributed by atoms with Crippen LogP contribution in [-0.2, 0) is 16.1 Å². The number of hydrogen-bond acceptors (Lipinski definition) is 3. The Morgan fingerprint density at radius 3 is 2.20 bits per heavy atom. The first-order chi connectivity index (χ1) is 14.0. The van der Waals surface area contributed by atoms with Crippen molar-refractivity contribution >= 4 is 35.0 Å². The Balaban J connectivity index is 2.23. The van der Waals surface area contributed by atoms with Crippen molar-refractivity contribution in [3.8, 4) is 5.75 Å². The van der Waals surface area contributed by atoms with Gasteiger partial charge in [0.1, 0.15) is 17.6 Å². The number of nitrogens with zero attached hydrogens (tertiary/aromatic N) is 1. The van der Waals surface area contributed by atoms with Gasteiger partial charge in [0.2, 0.25) is 5.91 Å². The molecule has 0 bridgehead atoms. The number of ether oxygens (including phenoxy) is 1. The molecule has 0 aliphatic carbocycles. The molecule has 0 radical (unpaired) electrons. The van der Waals surface area contributed by atoms with Crippen LogP contribution in [0.4, 0.5) is 4.39 Å². The summed E-state index contributed by atoms with van der Waals surface area (Å²) in [5.74, 6) is -0.823. The Morgan fingerprint density at radius 2 is 1.67 bits per heavy atom. The summed E-state index contributed by atoms with van der Waals surface area (Å²) in [6.45, 7) is 6.89. The first-order valence-corrected chi connectivity index (χ1v) is 10.2. The van der Waals surface area contributed by atoms with E-state index in [1.807, 2.05) is 20.8 Å². The van der Waals surface area contributed by atoms with E-state index in [2.05, 4.69) is 5.32 Å². The van der Waals surface area contributed by atoms with E-state index < -0.39 is 23.3 Å². The van der Waals surface area contributed by atoms with Crippen molar-refractivity contribution in [1.29, 1.82) is 0 Å². The summed E-state index contributed by atoms with van der Waals surface area (Å²) >= 11 is 12.5. The smallest absolute Gasteiger partial charge is 0.261 e. The highest BCUT2D eigenvalue weighted by atomic mass is 35.5. The molecular formula is C22H25Cl2FN2O3. The number of carbonyl (C=O) groups is 2. The molecule has 8 heteroatoms. The van der Waals surface area contributed by atoms with Crippen molar-refractivity contribution in [2.75, 3.05) is 6.61 Å². The van der Waals surface area contributed by atoms with Crippen LogP contribution >= 0.6 is 23.2 Å². The predicted octanol–water partition coefficient (Wildman–Crippen LogP) is 4.84. The van der Waals surface area contributed by atoms with Crippen molar-refractivity contribution in [3.63, 3.8) is 0 Å². The second-order valence-electron chi connectivity index (χ2n) is 7.88. The van der Waals surface area contributed by atoms with E-state index >= 15 is 0 Å². The third-order valence-corrected chi connectivity index (χ3v) is 4.94. The fourth-order valence-electron chi connectivity index (χ4n) is 2.67. The topological polar surface area (TPSA) is 58.6 Å². The molecule has 2 aromatic carbocycles. The Morgan fingerprint density at radius 1 is 1.10 bits per heavy atom. The third-order valence-electron chi connectivity index (χ3n) is 4.23. The molecule has 162 valence electrons. The number of rotatable bonds is 7. The lowest BCUT2D eigenvalue weighted by Gasteiger charge is -2.31. The van der Waals surface area contributed by atoms with Gasteiger partial charge in [-0.3, -0.25) is 9.59 Å². The van der Waals surface area contributed by atoms with Crippen LogP contribution in [0.1, 0.15) is 33.3 Å². The minimum atomic E-state index is -0.805. The number of amides is 2. The van der Waals surface area contributed by atoms with Crippen molar-refractivity contribution in [1.82, 2.24) is 10.2 Å². The molecular weight excluding hydrogens is 430 g/mol. The Hall–Kier alpha value is -2.31. The monoisotopic (exact) mass is 454 g/mol. The zero-order valence-electron chi connectivity index (χ0n) is 17.3. The molecule has 0 heterocycles. The van der Waals surface area contributed by atoms with E-state index in [0.717, 1.165) is 0 Å². The van der Waals surface area contributed by atoms with Gasteiger partial charge < -0.3 is 15.0 Å². The van der Waals surface area contributed by atoms with Crippen molar-refractivity contribution in [3.05, 3.63) is 63.9 Å². The Kier molecular flexibility index (Phi) is 8.10. The fourth-order valence-corrected chi connectivity index (χ4v) is 3.19. The van der Waals surface area contributed by atoms with Crippen LogP contribution in [0.2, 0.25) is 10.0 Å². The molecule has 2 aromatic rings. The van der Waals surface area contributed by atoms with Gasteiger partial charge in [0.15, 0.2) is 6.61 Å². The maximum absolute atomic E-state index is 13.1. The van der Waals surface area contributed by atoms with Crippen LogP contribution in [0.3, 0.4) is 0 Å². The molecule has 0 spiro atoms. The quantitative estimate of drug-likeness (QED) is 0.650. The predicted molar refractivity (Wildman–Crippen MR) is 116 cm³/mol. The maximum atomic E-state index is 13.1. The van der Waals surface area contributed by atoms with Crippen LogP contribution in [0, 0.1) is 5.82 Å². The second-order valence-corrected chi connectivity index (χ2v) is 8.69. The molecule has 0 saturated carbocycles. The summed E-state index contributed by atoms with van der Waals surface area (Å²) < 4.78 is 18.5. The third kappa shape index (κ3) is 6.89. The van der Waals surface area contributed by atoms with E-state index in [0.29, 0.717) is 21.4 Å². The van der Waals surface area contributed by atoms with E-state index in [9.17, 15) is 14.0 Å². The van der Waals surface area contributed by atoms with Gasteiger partial charge in [-0.15, -0.1) is 0 Å². The summed E-state index contributed by atoms with van der Waals surface area (Å²) in [6.07, 6.45) is 0. The van der Waals surface area contributed by atoms with E-state index in [-0.39, 0.29) is 19.1 Å². The van der Waals surface area contributed by atoms with Gasteiger partial charge in [-0.1, -0.05) is 29.3 Å². The SMILES string of the molecule is CC(C(=O)NC(C)(C)C)N(Cc1c(Cl)cccc1Cl)C(=O)COc1ccc(F)cc1. The van der Waals surface area contributed by atoms with Crippen molar-refractivity contribution in [2.45, 2.75) is 45.8 Å². The lowest BCUT2D eigenvalue weighted by atomic mass is 10.1. The van der Waals surface area contributed by atoms with Crippen LogP contribution in [0.5, 0.6) is 5.75 Å². The summed E-state index contributed by atoms with van der Waals surface area (Å²) in [4.78, 5) is 27.1. The van der Waals surface area contributed by atoms with Crippen molar-refractivity contribution < 1.29 is 18.7 Å². The average molecular weight is 455 g/mol. The molecule has 1 N–H and O–H groups in total. The standard InChI is InChI=1S/C22H25Cl2FN2O3/c1-14(21(29)26-22(2,3)4)27(12-17-18(23)6-5-7-19(17)24)20(28)13-30-16-10-8-15(25)9-11-16/h5-11,14H,12-13H2,1-4H3,(H,26,29). The number of halogens is 3. The molecule has 0 aliphatic heterocycles. The maximum Gasteiger partial charge on any atom is 0.261 e. The minimum Gasteiger partial charge on any atom is -0.484 e. The molecule has 1 atom stereocenters. The molecule has 0 saturated heterocycles. The summed E-state index contributed by atoms with van der Waals surface area (Å²) in [6, 6.07) is 9.55. The van der Waals surface area contributed by atoms with E-state index in [4.69, 9.17) is 27.9 Å². The molecule has 0 aromatic heterocycles. The molecule has 2 amide bonds. The highest BCUT2D eigenvalue weighted by molar-refractivity contribution is 6.36. The van der Waals surface area contributed by atoms with E-state index in [1.165, 1.54) is 29.2 Å². The Bertz CT molecular complexity index is 878. The molecule has 30 heavy (non-hydrogen) atoms. The lowest BCUT2D eigenvalue weighted by Crippen LogP contribution is -2.53. The first kappa shape index (κ1) is 24.0. The van der Waals surface area contributed by atoms with Gasteiger partial charge >= 0.3 is 0 Å². The van der Waals surface area contributed by atoms with Gasteiger partial charge in [-0.2, -0.15) is 0 Å².